The molecular weight excluding hydrogens is 466 g/mol. The Morgan fingerprint density at radius 2 is 2.06 bits per heavy atom. The molecule has 1 aromatic heterocycles. The smallest absolute Gasteiger partial charge is 0.323 e. The number of thiazole rings is 1. The largest absolute Gasteiger partial charge is 0.493 e. The maximum Gasteiger partial charge on any atom is 0.323 e. The van der Waals surface area contributed by atoms with E-state index in [2.05, 4.69) is 10.3 Å². The van der Waals surface area contributed by atoms with Crippen LogP contribution in [0.5, 0.6) is 17.2 Å². The molecule has 0 spiro atoms. The van der Waals surface area contributed by atoms with Gasteiger partial charge >= 0.3 is 12.0 Å². The van der Waals surface area contributed by atoms with Crippen LogP contribution in [0.15, 0.2) is 28.6 Å². The van der Waals surface area contributed by atoms with Crippen LogP contribution in [0.2, 0.25) is 0 Å². The highest BCUT2D eigenvalue weighted by Gasteiger charge is 2.26. The Kier molecular flexibility index (Phi) is 8.16. The molecule has 2 heterocycles. The van der Waals surface area contributed by atoms with Crippen LogP contribution in [0, 0.1) is 0 Å². The van der Waals surface area contributed by atoms with Gasteiger partial charge in [0.2, 0.25) is 6.79 Å². The Morgan fingerprint density at radius 3 is 2.88 bits per heavy atom. The topological polar surface area (TPSA) is 110 Å². The van der Waals surface area contributed by atoms with E-state index in [-0.39, 0.29) is 24.6 Å². The molecule has 2 N–H and O–H groups in total. The lowest BCUT2D eigenvalue weighted by Gasteiger charge is -2.34. The van der Waals surface area contributed by atoms with Crippen molar-refractivity contribution in [2.75, 3.05) is 31.0 Å². The fraction of sp³-hybridized carbons (Fsp3) is 0.500. The van der Waals surface area contributed by atoms with Crippen molar-refractivity contribution in [1.82, 2.24) is 9.88 Å². The van der Waals surface area contributed by atoms with Crippen molar-refractivity contribution < 1.29 is 28.9 Å². The minimum atomic E-state index is -0.884. The molecule has 0 radical (unpaired) electrons. The predicted octanol–water partition coefficient (Wildman–Crippen LogP) is 4.68. The molecule has 1 fully saturated rings. The number of hydrogen-bond donors (Lipinski definition) is 2. The summed E-state index contributed by atoms with van der Waals surface area (Å²) in [6.45, 7) is 1.28. The highest BCUT2D eigenvalue weighted by atomic mass is 32.2. The predicted molar refractivity (Wildman–Crippen MR) is 126 cm³/mol. The third-order valence-corrected chi connectivity index (χ3v) is 7.56. The molecule has 33 heavy (non-hydrogen) atoms. The molecule has 1 aromatic carbocycles. The molecule has 0 saturated heterocycles. The van der Waals surface area contributed by atoms with E-state index in [0.717, 1.165) is 29.9 Å². The van der Waals surface area contributed by atoms with Crippen LogP contribution in [0.4, 0.5) is 9.93 Å². The molecule has 2 amide bonds. The minimum Gasteiger partial charge on any atom is -0.493 e. The number of aromatic nitrogens is 1. The zero-order chi connectivity index (χ0) is 23.0. The monoisotopic (exact) mass is 493 g/mol. The number of thioether (sulfide) groups is 1. The van der Waals surface area contributed by atoms with Crippen LogP contribution in [0.1, 0.15) is 38.5 Å². The number of aliphatic carboxylic acids is 1. The SMILES string of the molecule is O=C(O)CSc1cnc(NC(=O)N(CCCOc2ccc3c(c2)OCO3)C2CCCCC2)s1. The van der Waals surface area contributed by atoms with Crippen molar-refractivity contribution in [2.45, 2.75) is 48.8 Å². The number of urea groups is 1. The quantitative estimate of drug-likeness (QED) is 0.362. The van der Waals surface area contributed by atoms with Gasteiger partial charge in [-0.05, 0) is 31.4 Å². The molecule has 2 aliphatic rings. The first-order valence-electron chi connectivity index (χ1n) is 11.0. The zero-order valence-corrected chi connectivity index (χ0v) is 19.8. The zero-order valence-electron chi connectivity index (χ0n) is 18.2. The van der Waals surface area contributed by atoms with Gasteiger partial charge in [-0.15, -0.1) is 11.8 Å². The molecule has 0 bridgehead atoms. The van der Waals surface area contributed by atoms with Crippen LogP contribution >= 0.6 is 23.1 Å². The maximum atomic E-state index is 13.1. The number of benzene rings is 1. The Morgan fingerprint density at radius 1 is 1.24 bits per heavy atom. The van der Waals surface area contributed by atoms with Crippen molar-refractivity contribution in [3.05, 3.63) is 24.4 Å². The molecule has 4 rings (SSSR count). The van der Waals surface area contributed by atoms with Gasteiger partial charge in [0, 0.05) is 18.7 Å². The van der Waals surface area contributed by atoms with E-state index in [9.17, 15) is 9.59 Å². The van der Waals surface area contributed by atoms with Gasteiger partial charge in [0.25, 0.3) is 0 Å². The number of carboxylic acid groups (broad SMARTS) is 1. The van der Waals surface area contributed by atoms with Gasteiger partial charge < -0.3 is 24.2 Å². The van der Waals surface area contributed by atoms with Crippen molar-refractivity contribution in [3.63, 3.8) is 0 Å². The normalized spacial score (nSPS) is 15.3. The van der Waals surface area contributed by atoms with Gasteiger partial charge in [0.15, 0.2) is 16.6 Å². The number of nitrogens with one attached hydrogen (secondary N) is 1. The lowest BCUT2D eigenvalue weighted by molar-refractivity contribution is -0.133. The highest BCUT2D eigenvalue weighted by molar-refractivity contribution is 8.01. The standard InChI is InChI=1S/C22H27N3O6S2/c26-19(27)13-32-20-12-23-21(33-20)24-22(28)25(15-5-2-1-3-6-15)9-4-10-29-16-7-8-17-18(11-16)31-14-30-17/h7-8,11-12,15H,1-6,9-10,13-14H2,(H,26,27)(H,23,24,28). The lowest BCUT2D eigenvalue weighted by Crippen LogP contribution is -2.44. The Bertz CT molecular complexity index is 963. The molecule has 0 atom stereocenters. The van der Waals surface area contributed by atoms with Crippen LogP contribution in [-0.2, 0) is 4.79 Å². The summed E-state index contributed by atoms with van der Waals surface area (Å²) in [6.07, 6.45) is 7.72. The lowest BCUT2D eigenvalue weighted by atomic mass is 9.94. The summed E-state index contributed by atoms with van der Waals surface area (Å²) in [7, 11) is 0. The second kappa shape index (κ2) is 11.5. The van der Waals surface area contributed by atoms with E-state index in [1.807, 2.05) is 23.1 Å². The van der Waals surface area contributed by atoms with Gasteiger partial charge in [-0.1, -0.05) is 30.6 Å². The van der Waals surface area contributed by atoms with E-state index in [1.165, 1.54) is 29.5 Å². The fourth-order valence-corrected chi connectivity index (χ4v) is 5.50. The van der Waals surface area contributed by atoms with Crippen LogP contribution < -0.4 is 19.5 Å². The molecule has 0 unspecified atom stereocenters. The number of carboxylic acids is 1. The number of amides is 2. The van der Waals surface area contributed by atoms with E-state index in [0.29, 0.717) is 42.0 Å². The minimum absolute atomic E-state index is 0.0346. The number of anilines is 1. The molecule has 1 aliphatic carbocycles. The molecule has 1 aliphatic heterocycles. The number of carbonyl (C=O) groups excluding carboxylic acids is 1. The Balaban J connectivity index is 1.30. The van der Waals surface area contributed by atoms with Gasteiger partial charge in [0.05, 0.1) is 22.8 Å². The van der Waals surface area contributed by atoms with E-state index in [4.69, 9.17) is 19.3 Å². The first-order valence-corrected chi connectivity index (χ1v) is 12.8. The van der Waals surface area contributed by atoms with Gasteiger partial charge in [-0.2, -0.15) is 0 Å². The summed E-state index contributed by atoms with van der Waals surface area (Å²) < 4.78 is 17.3. The van der Waals surface area contributed by atoms with Gasteiger partial charge in [-0.3, -0.25) is 10.1 Å². The van der Waals surface area contributed by atoms with Crippen molar-refractivity contribution in [1.29, 1.82) is 0 Å². The maximum absolute atomic E-state index is 13.1. The first-order chi connectivity index (χ1) is 16.1. The Hall–Kier alpha value is -2.66. The van der Waals surface area contributed by atoms with Gasteiger partial charge in [0.1, 0.15) is 5.75 Å². The molecule has 178 valence electrons. The summed E-state index contributed by atoms with van der Waals surface area (Å²) in [5.41, 5.74) is 0. The summed E-state index contributed by atoms with van der Waals surface area (Å²) >= 11 is 2.48. The summed E-state index contributed by atoms with van der Waals surface area (Å²) in [5.74, 6) is 1.19. The number of rotatable bonds is 10. The number of carbonyl (C=O) groups is 2. The van der Waals surface area contributed by atoms with Gasteiger partial charge in [-0.25, -0.2) is 9.78 Å². The van der Waals surface area contributed by atoms with Crippen molar-refractivity contribution >= 4 is 40.2 Å². The van der Waals surface area contributed by atoms with Crippen molar-refractivity contribution in [2.24, 2.45) is 0 Å². The second-order valence-corrected chi connectivity index (χ2v) is 10.1. The number of ether oxygens (including phenoxy) is 3. The van der Waals surface area contributed by atoms with E-state index < -0.39 is 5.97 Å². The summed E-state index contributed by atoms with van der Waals surface area (Å²) in [4.78, 5) is 30.0. The van der Waals surface area contributed by atoms with Crippen LogP contribution in [-0.4, -0.2) is 58.7 Å². The third kappa shape index (κ3) is 6.67. The second-order valence-electron chi connectivity index (χ2n) is 7.80. The van der Waals surface area contributed by atoms with Crippen LogP contribution in [0.25, 0.3) is 0 Å². The molecule has 1 saturated carbocycles. The third-order valence-electron chi connectivity index (χ3n) is 5.47. The Labute approximate surface area is 200 Å². The highest BCUT2D eigenvalue weighted by Crippen LogP contribution is 2.35. The summed E-state index contributed by atoms with van der Waals surface area (Å²) in [6, 6.07) is 5.52. The fourth-order valence-electron chi connectivity index (χ4n) is 3.91. The molecule has 11 heteroatoms. The average Bonchev–Trinajstić information content (AvgIpc) is 3.47. The number of nitrogens with zero attached hydrogens (tertiary/aromatic N) is 2. The molecule has 9 nitrogen and oxygen atoms in total. The van der Waals surface area contributed by atoms with E-state index >= 15 is 0 Å². The molecule has 2 aromatic rings. The number of hydrogen-bond acceptors (Lipinski definition) is 8. The van der Waals surface area contributed by atoms with E-state index in [1.54, 1.807) is 6.20 Å². The number of fused-ring (bicyclic) bond motifs is 1. The van der Waals surface area contributed by atoms with Crippen molar-refractivity contribution in [3.8, 4) is 17.2 Å². The van der Waals surface area contributed by atoms with Crippen LogP contribution in [0.3, 0.4) is 0 Å². The summed E-state index contributed by atoms with van der Waals surface area (Å²) in [5, 5.41) is 12.2. The average molecular weight is 494 g/mol. The first kappa shape index (κ1) is 23.5. The molecular formula is C22H27N3O6S2.